The molecule has 0 aliphatic heterocycles. The minimum Gasteiger partial charge on any atom is -0.468 e. The molecule has 0 bridgehead atoms. The summed E-state index contributed by atoms with van der Waals surface area (Å²) in [4.78, 5) is 34.4. The number of carbonyl (C=O) groups excluding carboxylic acids is 3. The Labute approximate surface area is 199 Å². The summed E-state index contributed by atoms with van der Waals surface area (Å²) in [7, 11) is 1.10. The number of allylic oxidation sites excluding steroid dienone is 1. The predicted octanol–water partition coefficient (Wildman–Crippen LogP) is 4.92. The van der Waals surface area contributed by atoms with Gasteiger partial charge in [-0.05, 0) is 12.8 Å². The fourth-order valence-corrected chi connectivity index (χ4v) is 4.01. The lowest BCUT2D eigenvalue weighted by Gasteiger charge is -2.20. The van der Waals surface area contributed by atoms with Crippen molar-refractivity contribution < 1.29 is 32.3 Å². The molecular weight excluding hydrogens is 457 g/mol. The monoisotopic (exact) mass is 496 g/mol. The van der Waals surface area contributed by atoms with Gasteiger partial charge in [-0.15, -0.1) is 11.8 Å². The van der Waals surface area contributed by atoms with Crippen LogP contribution in [0, 0.1) is 0 Å². The third-order valence-electron chi connectivity index (χ3n) is 4.93. The van der Waals surface area contributed by atoms with Crippen LogP contribution in [0.15, 0.2) is 12.2 Å². The topological polar surface area (TPSA) is 84.5 Å². The van der Waals surface area contributed by atoms with Crippen LogP contribution in [0.4, 0.5) is 13.2 Å². The first kappa shape index (κ1) is 31.4. The molecule has 0 saturated heterocycles. The Morgan fingerprint density at radius 1 is 1.00 bits per heavy atom. The van der Waals surface area contributed by atoms with E-state index in [0.29, 0.717) is 6.29 Å². The average molecular weight is 497 g/mol. The zero-order valence-electron chi connectivity index (χ0n) is 19.8. The number of rotatable bonds is 20. The van der Waals surface area contributed by atoms with Crippen molar-refractivity contribution in [2.45, 2.75) is 95.1 Å². The first-order valence-electron chi connectivity index (χ1n) is 11.7. The number of carbonyl (C=O) groups is 3. The van der Waals surface area contributed by atoms with E-state index < -0.39 is 36.0 Å². The number of unbranched alkanes of at least 4 members (excludes halogenated alkanes) is 10. The van der Waals surface area contributed by atoms with Gasteiger partial charge in [0.15, 0.2) is 0 Å². The van der Waals surface area contributed by atoms with Crippen LogP contribution in [0.3, 0.4) is 0 Å². The third kappa shape index (κ3) is 19.6. The number of nitrogens with one attached hydrogen (secondary N) is 2. The largest absolute Gasteiger partial charge is 0.468 e. The minimum atomic E-state index is -4.78. The maximum absolute atomic E-state index is 12.7. The summed E-state index contributed by atoms with van der Waals surface area (Å²) in [5.74, 6) is -2.06. The number of thioether (sulfide) groups is 1. The van der Waals surface area contributed by atoms with E-state index in [9.17, 15) is 27.6 Å². The molecule has 0 aliphatic carbocycles. The van der Waals surface area contributed by atoms with Gasteiger partial charge in [0.2, 0.25) is 5.91 Å². The number of ether oxygens (including phenoxy) is 1. The summed E-state index contributed by atoms with van der Waals surface area (Å²) < 4.78 is 42.5. The number of alkyl halides is 3. The molecule has 0 aromatic rings. The number of halogens is 3. The van der Waals surface area contributed by atoms with Gasteiger partial charge in [-0.25, -0.2) is 5.32 Å². The lowest BCUT2D eigenvalue weighted by atomic mass is 10.1. The van der Waals surface area contributed by atoms with Gasteiger partial charge in [0.1, 0.15) is 18.9 Å². The molecule has 33 heavy (non-hydrogen) atoms. The van der Waals surface area contributed by atoms with Crippen LogP contribution in [0.25, 0.3) is 0 Å². The standard InChI is InChI=1S/C23H39F3N2O4S/c1-3-4-5-6-7-8-9-10-11-12-13-14-15-19(17-29)33-18-20(28-23(24,25)26)22(31)27-16-21(30)32-2/h14-15,17,19-20,28H,3-13,16,18H2,1-2H3,(H,27,31)/b15-14-. The van der Waals surface area contributed by atoms with E-state index >= 15 is 0 Å². The van der Waals surface area contributed by atoms with Crippen LogP contribution in [0.5, 0.6) is 0 Å². The first-order valence-corrected chi connectivity index (χ1v) is 12.7. The Morgan fingerprint density at radius 2 is 1.58 bits per heavy atom. The lowest BCUT2D eigenvalue weighted by Crippen LogP contribution is -2.52. The summed E-state index contributed by atoms with van der Waals surface area (Å²) in [6.07, 6.45) is 12.5. The van der Waals surface area contributed by atoms with Crippen molar-refractivity contribution in [2.75, 3.05) is 19.4 Å². The van der Waals surface area contributed by atoms with E-state index in [-0.39, 0.29) is 5.75 Å². The lowest BCUT2D eigenvalue weighted by molar-refractivity contribution is -0.167. The van der Waals surface area contributed by atoms with Crippen molar-refractivity contribution in [2.24, 2.45) is 0 Å². The second kappa shape index (κ2) is 19.9. The quantitative estimate of drug-likeness (QED) is 0.0818. The van der Waals surface area contributed by atoms with Gasteiger partial charge in [-0.2, -0.15) is 13.2 Å². The van der Waals surface area contributed by atoms with Crippen LogP contribution >= 0.6 is 11.8 Å². The molecule has 2 atom stereocenters. The highest BCUT2D eigenvalue weighted by atomic mass is 32.2. The number of esters is 1. The molecule has 0 spiro atoms. The second-order valence-corrected chi connectivity index (χ2v) is 9.03. The molecular formula is C23H39F3N2O4S. The molecule has 0 rings (SSSR count). The van der Waals surface area contributed by atoms with Crippen molar-refractivity contribution in [1.82, 2.24) is 10.6 Å². The van der Waals surface area contributed by atoms with E-state index in [1.807, 2.05) is 6.08 Å². The zero-order valence-corrected chi connectivity index (χ0v) is 20.6. The Bertz CT molecular complexity index is 574. The van der Waals surface area contributed by atoms with Gasteiger partial charge in [0.25, 0.3) is 0 Å². The molecule has 6 nitrogen and oxygen atoms in total. The van der Waals surface area contributed by atoms with Crippen LogP contribution in [-0.4, -0.2) is 55.2 Å². The molecule has 192 valence electrons. The molecule has 10 heteroatoms. The van der Waals surface area contributed by atoms with Crippen molar-refractivity contribution in [1.29, 1.82) is 0 Å². The van der Waals surface area contributed by atoms with Gasteiger partial charge in [-0.1, -0.05) is 76.9 Å². The summed E-state index contributed by atoms with van der Waals surface area (Å²) in [6.45, 7) is 1.67. The summed E-state index contributed by atoms with van der Waals surface area (Å²) >= 11 is 0.927. The van der Waals surface area contributed by atoms with Crippen molar-refractivity contribution in [3.05, 3.63) is 12.2 Å². The van der Waals surface area contributed by atoms with Gasteiger partial charge in [-0.3, -0.25) is 9.59 Å². The molecule has 0 aliphatic rings. The molecule has 0 saturated carbocycles. The number of hydrogen-bond acceptors (Lipinski definition) is 6. The maximum Gasteiger partial charge on any atom is 0.457 e. The number of amides is 1. The van der Waals surface area contributed by atoms with E-state index in [0.717, 1.165) is 38.1 Å². The highest BCUT2D eigenvalue weighted by molar-refractivity contribution is 8.00. The van der Waals surface area contributed by atoms with E-state index in [1.165, 1.54) is 56.7 Å². The average Bonchev–Trinajstić information content (AvgIpc) is 2.78. The number of aldehydes is 1. The molecule has 2 N–H and O–H groups in total. The highest BCUT2D eigenvalue weighted by Crippen LogP contribution is 2.17. The first-order chi connectivity index (χ1) is 15.7. The van der Waals surface area contributed by atoms with Gasteiger partial charge >= 0.3 is 12.3 Å². The summed E-state index contributed by atoms with van der Waals surface area (Å²) in [5, 5.41) is 2.71. The van der Waals surface area contributed by atoms with Gasteiger partial charge in [0, 0.05) is 5.75 Å². The molecule has 0 radical (unpaired) electrons. The number of methoxy groups -OCH3 is 1. The number of hydrogen-bond donors (Lipinski definition) is 2. The normalized spacial score (nSPS) is 13.6. The summed E-state index contributed by atoms with van der Waals surface area (Å²) in [5.41, 5.74) is 0. The minimum absolute atomic E-state index is 0.293. The Balaban J connectivity index is 4.25. The maximum atomic E-state index is 12.7. The molecule has 1 amide bonds. The Morgan fingerprint density at radius 3 is 2.09 bits per heavy atom. The molecule has 0 heterocycles. The van der Waals surface area contributed by atoms with Gasteiger partial charge in [0.05, 0.1) is 12.4 Å². The van der Waals surface area contributed by atoms with Crippen molar-refractivity contribution >= 4 is 29.9 Å². The predicted molar refractivity (Wildman–Crippen MR) is 126 cm³/mol. The Kier molecular flexibility index (Phi) is 18.9. The molecule has 0 fully saturated rings. The van der Waals surface area contributed by atoms with Crippen molar-refractivity contribution in [3.8, 4) is 0 Å². The van der Waals surface area contributed by atoms with Gasteiger partial charge < -0.3 is 14.8 Å². The molecule has 0 aromatic heterocycles. The highest BCUT2D eigenvalue weighted by Gasteiger charge is 2.34. The smallest absolute Gasteiger partial charge is 0.457 e. The fraction of sp³-hybridized carbons (Fsp3) is 0.783. The summed E-state index contributed by atoms with van der Waals surface area (Å²) in [6, 6.07) is -1.64. The molecule has 2 unspecified atom stereocenters. The second-order valence-electron chi connectivity index (χ2n) is 7.82. The van der Waals surface area contributed by atoms with Crippen molar-refractivity contribution in [3.63, 3.8) is 0 Å². The van der Waals surface area contributed by atoms with Crippen LogP contribution in [-0.2, 0) is 19.1 Å². The van der Waals surface area contributed by atoms with Crippen LogP contribution in [0.2, 0.25) is 0 Å². The molecule has 0 aromatic carbocycles. The zero-order chi connectivity index (χ0) is 25.0. The Hall–Kier alpha value is -1.55. The van der Waals surface area contributed by atoms with Crippen LogP contribution in [0.1, 0.15) is 77.6 Å². The van der Waals surface area contributed by atoms with E-state index in [2.05, 4.69) is 17.0 Å². The van der Waals surface area contributed by atoms with E-state index in [1.54, 1.807) is 6.08 Å². The fourth-order valence-electron chi connectivity index (χ4n) is 3.06. The van der Waals surface area contributed by atoms with E-state index in [4.69, 9.17) is 0 Å². The third-order valence-corrected chi connectivity index (χ3v) is 6.11. The van der Waals surface area contributed by atoms with Crippen LogP contribution < -0.4 is 10.6 Å². The SMILES string of the molecule is CCCCCCCCCCCC/C=C\C(C=O)SCC(NC(F)(F)F)C(=O)NCC(=O)OC.